The molecule has 0 radical (unpaired) electrons. The minimum absolute atomic E-state index is 0.161. The van der Waals surface area contributed by atoms with Crippen molar-refractivity contribution >= 4 is 5.82 Å². The highest BCUT2D eigenvalue weighted by Crippen LogP contribution is 2.37. The number of halogens is 5. The van der Waals surface area contributed by atoms with E-state index in [1.807, 2.05) is 0 Å². The summed E-state index contributed by atoms with van der Waals surface area (Å²) in [5.74, 6) is -1.07. The fraction of sp³-hybridized carbons (Fsp3) is 0.455. The Kier molecular flexibility index (Phi) is 4.20. The summed E-state index contributed by atoms with van der Waals surface area (Å²) in [4.78, 5) is 14.6. The Balaban J connectivity index is 2.52. The van der Waals surface area contributed by atoms with Crippen LogP contribution in [0.4, 0.5) is 27.8 Å². The van der Waals surface area contributed by atoms with Gasteiger partial charge in [-0.3, -0.25) is 4.57 Å². The van der Waals surface area contributed by atoms with E-state index in [9.17, 15) is 26.7 Å². The third-order valence-corrected chi connectivity index (χ3v) is 3.10. The fourth-order valence-electron chi connectivity index (χ4n) is 2.03. The number of nitrogens with two attached hydrogens (primary N) is 1. The molecule has 0 aromatic carbocycles. The van der Waals surface area contributed by atoms with Crippen molar-refractivity contribution in [2.75, 3.05) is 12.3 Å². The largest absolute Gasteiger partial charge is 0.421 e. The number of aliphatic hydroxyl groups excluding tert-OH is 1. The molecular formula is C11H10F5N3O3. The number of aromatic nitrogens is 2. The number of aliphatic hydroxyl groups is 1. The van der Waals surface area contributed by atoms with Gasteiger partial charge in [0.1, 0.15) is 17.5 Å². The Hall–Kier alpha value is -2.01. The zero-order chi connectivity index (χ0) is 16.7. The van der Waals surface area contributed by atoms with E-state index in [0.29, 0.717) is 0 Å². The summed E-state index contributed by atoms with van der Waals surface area (Å²) in [6.07, 6.45) is -10.4. The number of rotatable bonds is 2. The number of anilines is 1. The molecule has 0 saturated carbocycles. The normalized spacial score (nSPS) is 27.5. The third kappa shape index (κ3) is 2.68. The number of nitrogen functional groups attached to an aromatic ring is 1. The molecule has 1 saturated heterocycles. The van der Waals surface area contributed by atoms with E-state index in [1.165, 1.54) is 0 Å². The summed E-state index contributed by atoms with van der Waals surface area (Å²) in [5.41, 5.74) is 1.65. The van der Waals surface area contributed by atoms with Gasteiger partial charge < -0.3 is 15.6 Å². The van der Waals surface area contributed by atoms with E-state index >= 15 is 0 Å². The molecule has 0 spiro atoms. The minimum Gasteiger partial charge on any atom is -0.393 e. The second-order valence-corrected chi connectivity index (χ2v) is 4.44. The molecule has 0 bridgehead atoms. The summed E-state index contributed by atoms with van der Waals surface area (Å²) in [5, 5.41) is 8.95. The average molecular weight is 327 g/mol. The lowest BCUT2D eigenvalue weighted by Gasteiger charge is -2.18. The van der Waals surface area contributed by atoms with Crippen LogP contribution >= 0.6 is 0 Å². The van der Waals surface area contributed by atoms with Crippen LogP contribution in [0.25, 0.3) is 0 Å². The third-order valence-electron chi connectivity index (χ3n) is 3.10. The van der Waals surface area contributed by atoms with Crippen molar-refractivity contribution in [2.45, 2.75) is 24.7 Å². The van der Waals surface area contributed by atoms with Gasteiger partial charge in [0.15, 0.2) is 12.4 Å². The van der Waals surface area contributed by atoms with E-state index < -0.39 is 53.9 Å². The number of ether oxygens (including phenoxy) is 1. The number of hydrogen-bond acceptors (Lipinski definition) is 5. The first-order valence-electron chi connectivity index (χ1n) is 5.87. The first-order chi connectivity index (χ1) is 10.2. The molecule has 2 rings (SSSR count). The first kappa shape index (κ1) is 16.4. The quantitative estimate of drug-likeness (QED) is 0.789. The summed E-state index contributed by atoms with van der Waals surface area (Å²) in [6, 6.07) is 0. The predicted molar refractivity (Wildman–Crippen MR) is 63.0 cm³/mol. The molecule has 2 heterocycles. The van der Waals surface area contributed by atoms with Crippen LogP contribution in [0, 0.1) is 0 Å². The van der Waals surface area contributed by atoms with Gasteiger partial charge in [0.2, 0.25) is 0 Å². The topological polar surface area (TPSA) is 90.4 Å². The Bertz CT molecular complexity index is 657. The highest BCUT2D eigenvalue weighted by molar-refractivity contribution is 5.39. The molecule has 0 amide bonds. The Morgan fingerprint density at radius 1 is 1.50 bits per heavy atom. The maximum Gasteiger partial charge on any atom is 0.421 e. The second-order valence-electron chi connectivity index (χ2n) is 4.44. The van der Waals surface area contributed by atoms with Gasteiger partial charge in [0, 0.05) is 11.8 Å². The summed E-state index contributed by atoms with van der Waals surface area (Å²) in [6.45, 7) is -0.810. The van der Waals surface area contributed by atoms with E-state index in [0.717, 1.165) is 0 Å². The number of nitrogens with zero attached hydrogens (tertiary/aromatic N) is 2. The smallest absolute Gasteiger partial charge is 0.393 e. The van der Waals surface area contributed by atoms with Crippen molar-refractivity contribution in [3.05, 3.63) is 34.1 Å². The highest BCUT2D eigenvalue weighted by Gasteiger charge is 2.43. The average Bonchev–Trinajstić information content (AvgIpc) is 2.73. The molecule has 122 valence electrons. The van der Waals surface area contributed by atoms with E-state index in [-0.39, 0.29) is 17.1 Å². The van der Waals surface area contributed by atoms with Crippen molar-refractivity contribution in [2.24, 2.45) is 0 Å². The lowest BCUT2D eigenvalue weighted by molar-refractivity contribution is -0.138. The molecule has 6 nitrogen and oxygen atoms in total. The van der Waals surface area contributed by atoms with Crippen LogP contribution in [0.1, 0.15) is 11.8 Å². The molecule has 22 heavy (non-hydrogen) atoms. The maximum atomic E-state index is 14.0. The number of hydrogen-bond donors (Lipinski definition) is 2. The molecular weight excluding hydrogens is 317 g/mol. The van der Waals surface area contributed by atoms with Gasteiger partial charge in [-0.25, -0.2) is 13.6 Å². The van der Waals surface area contributed by atoms with Crippen LogP contribution in [-0.4, -0.2) is 33.5 Å². The lowest BCUT2D eigenvalue weighted by Crippen LogP contribution is -2.33. The van der Waals surface area contributed by atoms with Gasteiger partial charge in [-0.15, -0.1) is 0 Å². The van der Waals surface area contributed by atoms with Crippen molar-refractivity contribution in [3.63, 3.8) is 0 Å². The highest BCUT2D eigenvalue weighted by atomic mass is 19.4. The molecule has 0 aliphatic carbocycles. The molecule has 3 atom stereocenters. The standard InChI is InChI=1S/C11H10F5N3O3/c12-1-4-6(3-20)22-9(7(4)13)19-2-5(11(14,15)16)8(17)18-10(19)21/h1-2,6-7,9,20H,3H2,(H2,17,18,21)/b4-1-. The van der Waals surface area contributed by atoms with Crippen molar-refractivity contribution in [3.8, 4) is 0 Å². The van der Waals surface area contributed by atoms with Crippen LogP contribution in [0.5, 0.6) is 0 Å². The molecule has 1 aromatic heterocycles. The van der Waals surface area contributed by atoms with Crippen molar-refractivity contribution in [1.82, 2.24) is 9.55 Å². The van der Waals surface area contributed by atoms with Crippen molar-refractivity contribution in [1.29, 1.82) is 0 Å². The van der Waals surface area contributed by atoms with Crippen LogP contribution < -0.4 is 11.4 Å². The Labute approximate surface area is 119 Å². The summed E-state index contributed by atoms with van der Waals surface area (Å²) >= 11 is 0. The maximum absolute atomic E-state index is 14.0. The monoisotopic (exact) mass is 327 g/mol. The van der Waals surface area contributed by atoms with Gasteiger partial charge in [-0.05, 0) is 0 Å². The van der Waals surface area contributed by atoms with Gasteiger partial charge in [-0.1, -0.05) is 0 Å². The summed E-state index contributed by atoms with van der Waals surface area (Å²) in [7, 11) is 0. The number of alkyl halides is 4. The van der Waals surface area contributed by atoms with E-state index in [4.69, 9.17) is 15.6 Å². The van der Waals surface area contributed by atoms with Gasteiger partial charge in [0.05, 0.1) is 12.9 Å². The Morgan fingerprint density at radius 3 is 2.59 bits per heavy atom. The minimum atomic E-state index is -4.92. The van der Waals surface area contributed by atoms with Gasteiger partial charge in [-0.2, -0.15) is 18.2 Å². The van der Waals surface area contributed by atoms with Gasteiger partial charge in [0.25, 0.3) is 0 Å². The van der Waals surface area contributed by atoms with Crippen LogP contribution in [0.2, 0.25) is 0 Å². The van der Waals surface area contributed by atoms with E-state index in [1.54, 1.807) is 0 Å². The molecule has 3 N–H and O–H groups in total. The molecule has 3 unspecified atom stereocenters. The predicted octanol–water partition coefficient (Wildman–Crippen LogP) is 0.925. The zero-order valence-corrected chi connectivity index (χ0v) is 10.7. The van der Waals surface area contributed by atoms with Crippen LogP contribution in [0.15, 0.2) is 22.9 Å². The van der Waals surface area contributed by atoms with Gasteiger partial charge >= 0.3 is 11.9 Å². The fourth-order valence-corrected chi connectivity index (χ4v) is 2.03. The molecule has 1 aliphatic heterocycles. The first-order valence-corrected chi connectivity index (χ1v) is 5.87. The van der Waals surface area contributed by atoms with Crippen LogP contribution in [-0.2, 0) is 10.9 Å². The Morgan fingerprint density at radius 2 is 2.14 bits per heavy atom. The summed E-state index contributed by atoms with van der Waals surface area (Å²) < 4.78 is 70.0. The molecule has 1 fully saturated rings. The van der Waals surface area contributed by atoms with Crippen LogP contribution in [0.3, 0.4) is 0 Å². The second kappa shape index (κ2) is 5.65. The van der Waals surface area contributed by atoms with E-state index in [2.05, 4.69) is 4.98 Å². The molecule has 1 aromatic rings. The zero-order valence-electron chi connectivity index (χ0n) is 10.7. The SMILES string of the molecule is Nc1nc(=O)n(C2OC(CO)/C(=C/F)C2F)cc1C(F)(F)F. The lowest BCUT2D eigenvalue weighted by atomic mass is 10.1. The van der Waals surface area contributed by atoms with Crippen molar-refractivity contribution < 1.29 is 31.8 Å². The molecule has 11 heteroatoms. The molecule has 1 aliphatic rings.